The zero-order chi connectivity index (χ0) is 27.3. The summed E-state index contributed by atoms with van der Waals surface area (Å²) in [5.74, 6) is -0.472. The first kappa shape index (κ1) is 27.2. The predicted molar refractivity (Wildman–Crippen MR) is 139 cm³/mol. The number of hydrogen-bond acceptors (Lipinski definition) is 5. The number of carbonyl (C=O) groups excluding carboxylic acids is 2. The van der Waals surface area contributed by atoms with E-state index >= 15 is 0 Å². The molecular formula is C29H41F2N3O4. The van der Waals surface area contributed by atoms with Gasteiger partial charge in [0.15, 0.2) is 11.5 Å². The van der Waals surface area contributed by atoms with E-state index in [0.29, 0.717) is 47.8 Å². The lowest BCUT2D eigenvalue weighted by Crippen LogP contribution is -2.61. The maximum atomic E-state index is 14.2. The van der Waals surface area contributed by atoms with Gasteiger partial charge < -0.3 is 20.1 Å². The summed E-state index contributed by atoms with van der Waals surface area (Å²) in [6, 6.07) is 5.26. The Labute approximate surface area is 224 Å². The molecule has 5 aliphatic rings. The second kappa shape index (κ2) is 9.96. The van der Waals surface area contributed by atoms with E-state index in [9.17, 15) is 18.4 Å². The summed E-state index contributed by atoms with van der Waals surface area (Å²) in [7, 11) is 3.07. The fraction of sp³-hybridized carbons (Fsp3) is 0.724. The maximum Gasteiger partial charge on any atom is 0.260 e. The molecule has 4 bridgehead atoms. The van der Waals surface area contributed by atoms with Crippen molar-refractivity contribution in [2.24, 2.45) is 23.2 Å². The van der Waals surface area contributed by atoms with Gasteiger partial charge in [-0.3, -0.25) is 14.5 Å². The smallest absolute Gasteiger partial charge is 0.260 e. The lowest BCUT2D eigenvalue weighted by Gasteiger charge is -2.55. The summed E-state index contributed by atoms with van der Waals surface area (Å²) < 4.78 is 39.3. The molecule has 1 aromatic carbocycles. The summed E-state index contributed by atoms with van der Waals surface area (Å²) in [6.07, 6.45) is 5.66. The van der Waals surface area contributed by atoms with Gasteiger partial charge in [0.2, 0.25) is 11.8 Å². The number of benzene rings is 1. The van der Waals surface area contributed by atoms with Crippen LogP contribution in [0.25, 0.3) is 0 Å². The van der Waals surface area contributed by atoms with E-state index in [4.69, 9.17) is 9.47 Å². The van der Waals surface area contributed by atoms with E-state index < -0.39 is 35.5 Å². The van der Waals surface area contributed by atoms with Gasteiger partial charge in [-0.2, -0.15) is 0 Å². The molecule has 0 radical (unpaired) electrons. The van der Waals surface area contributed by atoms with Crippen LogP contribution in [0.4, 0.5) is 8.78 Å². The molecule has 1 atom stereocenters. The van der Waals surface area contributed by atoms with E-state index in [0.717, 1.165) is 19.3 Å². The molecule has 9 heteroatoms. The Morgan fingerprint density at radius 3 is 2.16 bits per heavy atom. The highest BCUT2D eigenvalue weighted by Gasteiger charge is 2.55. The molecule has 210 valence electrons. The van der Waals surface area contributed by atoms with Crippen LogP contribution in [0.5, 0.6) is 11.5 Å². The van der Waals surface area contributed by atoms with Crippen LogP contribution in [-0.2, 0) is 9.59 Å². The molecule has 1 aliphatic heterocycles. The van der Waals surface area contributed by atoms with Crippen LogP contribution in [-0.4, -0.2) is 55.5 Å². The quantitative estimate of drug-likeness (QED) is 0.475. The van der Waals surface area contributed by atoms with E-state index in [1.807, 2.05) is 0 Å². The minimum absolute atomic E-state index is 0.0287. The number of piperidine rings is 1. The first-order chi connectivity index (χ1) is 17.9. The summed E-state index contributed by atoms with van der Waals surface area (Å²) in [4.78, 5) is 29.1. The van der Waals surface area contributed by atoms with Gasteiger partial charge >= 0.3 is 0 Å². The third-order valence-corrected chi connectivity index (χ3v) is 9.55. The molecule has 4 aliphatic carbocycles. The third kappa shape index (κ3) is 5.10. The Morgan fingerprint density at radius 1 is 1.00 bits per heavy atom. The highest BCUT2D eigenvalue weighted by Crippen LogP contribution is 2.60. The number of likely N-dealkylation sites (tertiary alicyclic amines) is 1. The van der Waals surface area contributed by atoms with E-state index in [2.05, 4.69) is 10.6 Å². The predicted octanol–water partition coefficient (Wildman–Crippen LogP) is 4.66. The van der Waals surface area contributed by atoms with Crippen molar-refractivity contribution in [2.75, 3.05) is 27.3 Å². The lowest BCUT2D eigenvalue weighted by atomic mass is 9.49. The minimum atomic E-state index is -2.83. The Balaban J connectivity index is 1.40. The number of halogens is 2. The Morgan fingerprint density at radius 2 is 1.61 bits per heavy atom. The highest BCUT2D eigenvalue weighted by atomic mass is 19.3. The molecule has 5 fully saturated rings. The van der Waals surface area contributed by atoms with E-state index in [-0.39, 0.29) is 12.3 Å². The number of ether oxygens (including phenoxy) is 2. The van der Waals surface area contributed by atoms with Gasteiger partial charge in [0.05, 0.1) is 31.7 Å². The summed E-state index contributed by atoms with van der Waals surface area (Å²) in [5, 5.41) is 6.16. The molecule has 1 unspecified atom stereocenters. The second-order valence-electron chi connectivity index (χ2n) is 12.6. The van der Waals surface area contributed by atoms with Crippen molar-refractivity contribution in [3.63, 3.8) is 0 Å². The van der Waals surface area contributed by atoms with Crippen molar-refractivity contribution in [3.8, 4) is 11.5 Å². The zero-order valence-corrected chi connectivity index (χ0v) is 22.9. The van der Waals surface area contributed by atoms with E-state index in [1.54, 1.807) is 44.1 Å². The molecule has 38 heavy (non-hydrogen) atoms. The molecule has 1 aromatic rings. The van der Waals surface area contributed by atoms with Crippen LogP contribution in [0.15, 0.2) is 18.2 Å². The summed E-state index contributed by atoms with van der Waals surface area (Å²) in [5.41, 5.74) is -0.961. The number of hydrogen-bond donors (Lipinski definition) is 2. The van der Waals surface area contributed by atoms with Crippen molar-refractivity contribution in [3.05, 3.63) is 23.8 Å². The lowest BCUT2D eigenvalue weighted by molar-refractivity contribution is -0.148. The van der Waals surface area contributed by atoms with Crippen LogP contribution >= 0.6 is 0 Å². The van der Waals surface area contributed by atoms with Crippen molar-refractivity contribution in [1.29, 1.82) is 0 Å². The van der Waals surface area contributed by atoms with Gasteiger partial charge in [-0.15, -0.1) is 0 Å². The van der Waals surface area contributed by atoms with Crippen LogP contribution in [0.2, 0.25) is 0 Å². The van der Waals surface area contributed by atoms with Gasteiger partial charge in [-0.25, -0.2) is 8.78 Å². The molecule has 7 nitrogen and oxygen atoms in total. The monoisotopic (exact) mass is 533 g/mol. The fourth-order valence-corrected chi connectivity index (χ4v) is 7.80. The van der Waals surface area contributed by atoms with Gasteiger partial charge in [-0.05, 0) is 101 Å². The molecule has 0 aromatic heterocycles. The fourth-order valence-electron chi connectivity index (χ4n) is 7.80. The van der Waals surface area contributed by atoms with Gasteiger partial charge in [-0.1, -0.05) is 6.07 Å². The average molecular weight is 534 g/mol. The number of nitrogens with one attached hydrogen (secondary N) is 2. The van der Waals surface area contributed by atoms with Crippen LogP contribution in [0.1, 0.15) is 76.9 Å². The number of nitrogens with zero attached hydrogens (tertiary/aromatic N) is 1. The topological polar surface area (TPSA) is 79.9 Å². The number of alkyl halides is 2. The molecule has 6 rings (SSSR count). The molecule has 2 N–H and O–H groups in total. The van der Waals surface area contributed by atoms with Crippen LogP contribution < -0.4 is 20.1 Å². The molecule has 1 heterocycles. The zero-order valence-electron chi connectivity index (χ0n) is 22.9. The van der Waals surface area contributed by atoms with Gasteiger partial charge in [0.25, 0.3) is 5.92 Å². The first-order valence-corrected chi connectivity index (χ1v) is 13.9. The standard InChI is InChI=1S/C29H41F2N3O4/c1-27(2,34-9-5-8-29(30,31)17-34)25(35)32-24(21-6-7-22(37-3)23(13-21)38-4)33-26(36)28-14-18-10-19(15-28)12-20(11-18)16-28/h6-7,13,18-20,24H,5,8-12,14-17H2,1-4H3,(H,32,35)(H,33,36). The minimum Gasteiger partial charge on any atom is -0.493 e. The molecule has 1 saturated heterocycles. The third-order valence-electron chi connectivity index (χ3n) is 9.55. The molecule has 0 spiro atoms. The van der Waals surface area contributed by atoms with Gasteiger partial charge in [0.1, 0.15) is 6.17 Å². The van der Waals surface area contributed by atoms with Crippen LogP contribution in [0, 0.1) is 23.2 Å². The Hall–Kier alpha value is -2.42. The largest absolute Gasteiger partial charge is 0.493 e. The Kier molecular flexibility index (Phi) is 7.12. The number of rotatable bonds is 8. The molecule has 4 saturated carbocycles. The van der Waals surface area contributed by atoms with Crippen molar-refractivity contribution in [1.82, 2.24) is 15.5 Å². The van der Waals surface area contributed by atoms with Crippen LogP contribution in [0.3, 0.4) is 0 Å². The summed E-state index contributed by atoms with van der Waals surface area (Å²) in [6.45, 7) is 3.28. The van der Waals surface area contributed by atoms with E-state index in [1.165, 1.54) is 26.4 Å². The SMILES string of the molecule is COc1ccc(C(NC(=O)C23CC4CC(CC(C4)C2)C3)NC(=O)C(C)(C)N2CCCC(F)(F)C2)cc1OC. The maximum absolute atomic E-state index is 14.2. The normalized spacial score (nSPS) is 30.9. The van der Waals surface area contributed by atoms with Gasteiger partial charge in [0, 0.05) is 6.42 Å². The first-order valence-electron chi connectivity index (χ1n) is 13.9. The number of carbonyl (C=O) groups is 2. The highest BCUT2D eigenvalue weighted by molar-refractivity contribution is 5.87. The van der Waals surface area contributed by atoms with Crippen molar-refractivity contribution >= 4 is 11.8 Å². The summed E-state index contributed by atoms with van der Waals surface area (Å²) >= 11 is 0. The second-order valence-corrected chi connectivity index (χ2v) is 12.6. The molecular weight excluding hydrogens is 492 g/mol. The molecule has 2 amide bonds. The number of methoxy groups -OCH3 is 2. The van der Waals surface area contributed by atoms with Crippen molar-refractivity contribution in [2.45, 2.75) is 82.8 Å². The average Bonchev–Trinajstić information content (AvgIpc) is 2.86. The Bertz CT molecular complexity index is 1040. The van der Waals surface area contributed by atoms with Crippen molar-refractivity contribution < 1.29 is 27.8 Å². The number of amides is 2.